The van der Waals surface area contributed by atoms with Gasteiger partial charge in [-0.1, -0.05) is 13.8 Å². The molecule has 0 bridgehead atoms. The highest BCUT2D eigenvalue weighted by molar-refractivity contribution is 7.91. The molecule has 0 spiro atoms. The van der Waals surface area contributed by atoms with Gasteiger partial charge in [0.2, 0.25) is 0 Å². The Morgan fingerprint density at radius 2 is 2.10 bits per heavy atom. The summed E-state index contributed by atoms with van der Waals surface area (Å²) in [5, 5.41) is 3.41. The Morgan fingerprint density at radius 3 is 2.81 bits per heavy atom. The van der Waals surface area contributed by atoms with Crippen LogP contribution in [0.5, 0.6) is 0 Å². The van der Waals surface area contributed by atoms with Crippen molar-refractivity contribution >= 4 is 15.5 Å². The summed E-state index contributed by atoms with van der Waals surface area (Å²) in [6.07, 6.45) is 2.60. The molecule has 0 aromatic carbocycles. The molecule has 0 saturated carbocycles. The Kier molecular flexibility index (Phi) is 5.22. The molecule has 1 aromatic rings. The topological polar surface area (TPSA) is 62.3 Å². The summed E-state index contributed by atoms with van der Waals surface area (Å²) >= 11 is 0. The predicted octanol–water partition coefficient (Wildman–Crippen LogP) is 1.51. The van der Waals surface area contributed by atoms with Crippen LogP contribution >= 0.6 is 0 Å². The van der Waals surface area contributed by atoms with E-state index in [9.17, 15) is 8.42 Å². The van der Waals surface area contributed by atoms with Crippen molar-refractivity contribution in [2.45, 2.75) is 39.8 Å². The summed E-state index contributed by atoms with van der Waals surface area (Å²) < 4.78 is 23.5. The summed E-state index contributed by atoms with van der Waals surface area (Å²) in [5.74, 6) is 0.540. The van der Waals surface area contributed by atoms with E-state index in [1.54, 1.807) is 0 Å². The van der Waals surface area contributed by atoms with Crippen LogP contribution in [0.2, 0.25) is 0 Å². The van der Waals surface area contributed by atoms with E-state index >= 15 is 0 Å². The molecule has 21 heavy (non-hydrogen) atoms. The third-order valence-electron chi connectivity index (χ3n) is 3.70. The van der Waals surface area contributed by atoms with Crippen LogP contribution in [-0.2, 0) is 16.4 Å². The van der Waals surface area contributed by atoms with E-state index in [1.807, 2.05) is 13.1 Å². The molecule has 0 atom stereocenters. The Balaban J connectivity index is 2.22. The first-order valence-corrected chi connectivity index (χ1v) is 9.34. The Labute approximate surface area is 127 Å². The van der Waals surface area contributed by atoms with Crippen molar-refractivity contribution in [1.82, 2.24) is 10.3 Å². The van der Waals surface area contributed by atoms with Crippen molar-refractivity contribution in [3.63, 3.8) is 0 Å². The lowest BCUT2D eigenvalue weighted by atomic mass is 10.1. The number of hydrogen-bond acceptors (Lipinski definition) is 5. The van der Waals surface area contributed by atoms with Gasteiger partial charge in [0, 0.05) is 48.8 Å². The van der Waals surface area contributed by atoms with Gasteiger partial charge < -0.3 is 10.2 Å². The summed E-state index contributed by atoms with van der Waals surface area (Å²) in [6.45, 7) is 8.30. The van der Waals surface area contributed by atoms with Gasteiger partial charge in [-0.2, -0.15) is 0 Å². The number of aromatic nitrogens is 1. The van der Waals surface area contributed by atoms with Crippen molar-refractivity contribution < 1.29 is 8.42 Å². The first-order chi connectivity index (χ1) is 9.87. The van der Waals surface area contributed by atoms with E-state index in [1.165, 1.54) is 0 Å². The van der Waals surface area contributed by atoms with Gasteiger partial charge >= 0.3 is 0 Å². The van der Waals surface area contributed by atoms with Crippen molar-refractivity contribution in [1.29, 1.82) is 0 Å². The zero-order valence-electron chi connectivity index (χ0n) is 13.1. The van der Waals surface area contributed by atoms with E-state index < -0.39 is 9.84 Å². The number of anilines is 1. The van der Waals surface area contributed by atoms with Crippen LogP contribution in [0.15, 0.2) is 12.3 Å². The van der Waals surface area contributed by atoms with Crippen LogP contribution in [-0.4, -0.2) is 44.0 Å². The molecule has 1 N–H and O–H groups in total. The quantitative estimate of drug-likeness (QED) is 0.913. The zero-order valence-corrected chi connectivity index (χ0v) is 13.9. The van der Waals surface area contributed by atoms with E-state index in [4.69, 9.17) is 0 Å². The monoisotopic (exact) mass is 311 g/mol. The number of pyridine rings is 1. The third kappa shape index (κ3) is 4.68. The normalized spacial score (nSPS) is 18.8. The maximum Gasteiger partial charge on any atom is 0.152 e. The highest BCUT2D eigenvalue weighted by Gasteiger charge is 2.21. The number of nitrogens with zero attached hydrogens (tertiary/aromatic N) is 2. The molecule has 1 aliphatic rings. The first-order valence-electron chi connectivity index (χ1n) is 7.52. The fraction of sp³-hybridized carbons (Fsp3) is 0.667. The fourth-order valence-electron chi connectivity index (χ4n) is 2.50. The minimum Gasteiger partial charge on any atom is -0.370 e. The minimum absolute atomic E-state index is 0.241. The standard InChI is InChI=1S/C15H25N3O2S/c1-12(2)16-10-14-11-17-13(3)9-15(14)18-5-4-7-21(19,20)8-6-18/h9,11-12,16H,4-8,10H2,1-3H3. The van der Waals surface area contributed by atoms with Crippen LogP contribution in [0.1, 0.15) is 31.5 Å². The van der Waals surface area contributed by atoms with Crippen LogP contribution < -0.4 is 10.2 Å². The lowest BCUT2D eigenvalue weighted by Crippen LogP contribution is -2.29. The molecule has 118 valence electrons. The molecule has 2 heterocycles. The lowest BCUT2D eigenvalue weighted by molar-refractivity contribution is 0.586. The summed E-state index contributed by atoms with van der Waals surface area (Å²) in [6, 6.07) is 2.47. The van der Waals surface area contributed by atoms with Crippen molar-refractivity contribution in [3.8, 4) is 0 Å². The molecule has 5 nitrogen and oxygen atoms in total. The van der Waals surface area contributed by atoms with Gasteiger partial charge in [-0.15, -0.1) is 0 Å². The second-order valence-electron chi connectivity index (χ2n) is 5.98. The highest BCUT2D eigenvalue weighted by Crippen LogP contribution is 2.23. The van der Waals surface area contributed by atoms with Crippen LogP contribution in [0.3, 0.4) is 0 Å². The molecular weight excluding hydrogens is 286 g/mol. The number of sulfone groups is 1. The van der Waals surface area contributed by atoms with Gasteiger partial charge in [0.15, 0.2) is 9.84 Å². The predicted molar refractivity (Wildman–Crippen MR) is 86.4 cm³/mol. The van der Waals surface area contributed by atoms with Gasteiger partial charge in [0.05, 0.1) is 11.5 Å². The second-order valence-corrected chi connectivity index (χ2v) is 8.29. The molecule has 0 radical (unpaired) electrons. The summed E-state index contributed by atoms with van der Waals surface area (Å²) in [7, 11) is -2.88. The average Bonchev–Trinajstić information content (AvgIpc) is 2.58. The van der Waals surface area contributed by atoms with Crippen LogP contribution in [0.4, 0.5) is 5.69 Å². The molecule has 0 amide bonds. The Morgan fingerprint density at radius 1 is 1.33 bits per heavy atom. The molecular formula is C15H25N3O2S. The largest absolute Gasteiger partial charge is 0.370 e. The number of nitrogens with one attached hydrogen (secondary N) is 1. The van der Waals surface area contributed by atoms with E-state index in [2.05, 4.69) is 35.1 Å². The number of aryl methyl sites for hydroxylation is 1. The molecule has 1 saturated heterocycles. The molecule has 0 aliphatic carbocycles. The third-order valence-corrected chi connectivity index (χ3v) is 5.41. The van der Waals surface area contributed by atoms with Crippen LogP contribution in [0, 0.1) is 6.92 Å². The first kappa shape index (κ1) is 16.2. The maximum absolute atomic E-state index is 11.8. The molecule has 2 rings (SSSR count). The van der Waals surface area contributed by atoms with Crippen molar-refractivity contribution in [3.05, 3.63) is 23.5 Å². The maximum atomic E-state index is 11.8. The van der Waals surface area contributed by atoms with Gasteiger partial charge in [-0.05, 0) is 19.4 Å². The Bertz CT molecular complexity index is 585. The van der Waals surface area contributed by atoms with Gasteiger partial charge in [0.25, 0.3) is 0 Å². The second kappa shape index (κ2) is 6.75. The van der Waals surface area contributed by atoms with E-state index in [0.717, 1.165) is 30.0 Å². The van der Waals surface area contributed by atoms with E-state index in [0.29, 0.717) is 24.8 Å². The Hall–Kier alpha value is -1.14. The summed E-state index contributed by atoms with van der Waals surface area (Å²) in [5.41, 5.74) is 3.21. The van der Waals surface area contributed by atoms with Crippen molar-refractivity contribution in [2.24, 2.45) is 0 Å². The molecule has 1 fully saturated rings. The van der Waals surface area contributed by atoms with Gasteiger partial charge in [0.1, 0.15) is 0 Å². The van der Waals surface area contributed by atoms with Gasteiger partial charge in [-0.25, -0.2) is 8.42 Å². The summed E-state index contributed by atoms with van der Waals surface area (Å²) in [4.78, 5) is 6.57. The molecule has 1 aliphatic heterocycles. The molecule has 0 unspecified atom stereocenters. The fourth-order valence-corrected chi connectivity index (χ4v) is 3.77. The molecule has 1 aromatic heterocycles. The van der Waals surface area contributed by atoms with Crippen molar-refractivity contribution in [2.75, 3.05) is 29.5 Å². The van der Waals surface area contributed by atoms with E-state index in [-0.39, 0.29) is 5.75 Å². The SMILES string of the molecule is Cc1cc(N2CCCS(=O)(=O)CC2)c(CNC(C)C)cn1. The minimum atomic E-state index is -2.88. The smallest absolute Gasteiger partial charge is 0.152 e. The average molecular weight is 311 g/mol. The number of rotatable bonds is 4. The molecule has 6 heteroatoms. The van der Waals surface area contributed by atoms with Crippen LogP contribution in [0.25, 0.3) is 0 Å². The van der Waals surface area contributed by atoms with Gasteiger partial charge in [-0.3, -0.25) is 4.98 Å². The highest BCUT2D eigenvalue weighted by atomic mass is 32.2. The lowest BCUT2D eigenvalue weighted by Gasteiger charge is -2.25. The number of hydrogen-bond donors (Lipinski definition) is 1. The zero-order chi connectivity index (χ0) is 15.5.